The van der Waals surface area contributed by atoms with Crippen LogP contribution < -0.4 is 0 Å². The number of ketones is 1. The molecule has 110 valence electrons. The van der Waals surface area contributed by atoms with Crippen molar-refractivity contribution in [3.05, 3.63) is 34.9 Å². The molecule has 1 aliphatic heterocycles. The van der Waals surface area contributed by atoms with Crippen LogP contribution in [0.2, 0.25) is 0 Å². The Morgan fingerprint density at radius 1 is 1.20 bits per heavy atom. The molecule has 3 heteroatoms. The minimum Gasteiger partial charge on any atom is -0.292 e. The summed E-state index contributed by atoms with van der Waals surface area (Å²) in [6.45, 7) is 12.7. The molecule has 0 aromatic heterocycles. The maximum atomic E-state index is 12.7. The van der Waals surface area contributed by atoms with Crippen molar-refractivity contribution < 1.29 is 4.79 Å². The van der Waals surface area contributed by atoms with Crippen LogP contribution in [0.4, 0.5) is 0 Å². The van der Waals surface area contributed by atoms with Gasteiger partial charge in [-0.2, -0.15) is 11.8 Å². The van der Waals surface area contributed by atoms with E-state index in [1.165, 1.54) is 11.1 Å². The highest BCUT2D eigenvalue weighted by Gasteiger charge is 2.29. The van der Waals surface area contributed by atoms with Crippen LogP contribution in [0.15, 0.2) is 18.2 Å². The number of hydrogen-bond acceptors (Lipinski definition) is 3. The quantitative estimate of drug-likeness (QED) is 0.792. The van der Waals surface area contributed by atoms with E-state index in [1.807, 2.05) is 36.9 Å². The molecular weight excluding hydrogens is 266 g/mol. The number of carbonyl (C=O) groups excluding carboxylic acids is 1. The Bertz CT molecular complexity index is 490. The van der Waals surface area contributed by atoms with Gasteiger partial charge in [0.1, 0.15) is 0 Å². The van der Waals surface area contributed by atoms with Gasteiger partial charge in [0.25, 0.3) is 0 Å². The van der Waals surface area contributed by atoms with Gasteiger partial charge in [-0.15, -0.1) is 0 Å². The number of benzene rings is 1. The minimum absolute atomic E-state index is 0.0251. The van der Waals surface area contributed by atoms with Gasteiger partial charge in [-0.05, 0) is 38.0 Å². The third-order valence-electron chi connectivity index (χ3n) is 4.17. The van der Waals surface area contributed by atoms with Crippen molar-refractivity contribution in [2.45, 2.75) is 51.2 Å². The molecule has 0 aliphatic carbocycles. The summed E-state index contributed by atoms with van der Waals surface area (Å²) < 4.78 is 0. The van der Waals surface area contributed by atoms with Gasteiger partial charge in [-0.1, -0.05) is 26.0 Å². The van der Waals surface area contributed by atoms with Gasteiger partial charge >= 0.3 is 0 Å². The predicted octanol–water partition coefficient (Wildman–Crippen LogP) is 3.70. The highest BCUT2D eigenvalue weighted by Crippen LogP contribution is 2.26. The molecule has 3 atom stereocenters. The van der Waals surface area contributed by atoms with Gasteiger partial charge in [0, 0.05) is 29.2 Å². The summed E-state index contributed by atoms with van der Waals surface area (Å²) in [5.74, 6) is 0.249. The molecule has 0 spiro atoms. The molecule has 2 nitrogen and oxygen atoms in total. The van der Waals surface area contributed by atoms with Crippen molar-refractivity contribution >= 4 is 17.5 Å². The second-order valence-electron chi connectivity index (χ2n) is 6.05. The second kappa shape index (κ2) is 6.31. The topological polar surface area (TPSA) is 20.3 Å². The molecule has 0 bridgehead atoms. The van der Waals surface area contributed by atoms with Gasteiger partial charge in [-0.3, -0.25) is 9.69 Å². The number of thioether (sulfide) groups is 1. The molecule has 1 aromatic rings. The fourth-order valence-electron chi connectivity index (χ4n) is 2.84. The second-order valence-corrected chi connectivity index (χ2v) is 7.93. The molecule has 1 aliphatic rings. The Morgan fingerprint density at radius 3 is 2.35 bits per heavy atom. The summed E-state index contributed by atoms with van der Waals surface area (Å²) in [6, 6.07) is 6.02. The third kappa shape index (κ3) is 3.44. The standard InChI is InChI=1S/C17H25NOS/c1-11-6-7-16(8-12(11)2)17(19)15(5)18-9-13(3)20-14(4)10-18/h6-8,13-15H,9-10H2,1-5H3. The monoisotopic (exact) mass is 291 g/mol. The third-order valence-corrected chi connectivity index (χ3v) is 5.39. The maximum absolute atomic E-state index is 12.7. The van der Waals surface area contributed by atoms with Gasteiger partial charge in [0.15, 0.2) is 5.78 Å². The van der Waals surface area contributed by atoms with E-state index in [9.17, 15) is 4.79 Å². The van der Waals surface area contributed by atoms with Crippen LogP contribution in [0, 0.1) is 13.8 Å². The van der Waals surface area contributed by atoms with E-state index in [0.717, 1.165) is 18.7 Å². The Labute approximate surface area is 126 Å². The lowest BCUT2D eigenvalue weighted by molar-refractivity contribution is 0.0836. The van der Waals surface area contributed by atoms with Crippen LogP contribution in [-0.4, -0.2) is 40.3 Å². The lowest BCUT2D eigenvalue weighted by atomic mass is 9.99. The zero-order chi connectivity index (χ0) is 14.9. The van der Waals surface area contributed by atoms with Crippen LogP contribution >= 0.6 is 11.8 Å². The van der Waals surface area contributed by atoms with Gasteiger partial charge in [0.05, 0.1) is 6.04 Å². The largest absolute Gasteiger partial charge is 0.292 e. The van der Waals surface area contributed by atoms with Crippen LogP contribution in [-0.2, 0) is 0 Å². The molecule has 0 saturated carbocycles. The van der Waals surface area contributed by atoms with E-state index in [-0.39, 0.29) is 11.8 Å². The number of Topliss-reactive ketones (excluding diaryl/α,β-unsaturated/α-hetero) is 1. The molecule has 0 N–H and O–H groups in total. The van der Waals surface area contributed by atoms with Crippen LogP contribution in [0.3, 0.4) is 0 Å². The van der Waals surface area contributed by atoms with E-state index in [2.05, 4.69) is 32.6 Å². The van der Waals surface area contributed by atoms with E-state index in [4.69, 9.17) is 0 Å². The van der Waals surface area contributed by atoms with Crippen molar-refractivity contribution in [1.82, 2.24) is 4.90 Å². The summed E-state index contributed by atoms with van der Waals surface area (Å²) in [6.07, 6.45) is 0. The van der Waals surface area contributed by atoms with Gasteiger partial charge in [0.2, 0.25) is 0 Å². The summed E-state index contributed by atoms with van der Waals surface area (Å²) in [7, 11) is 0. The smallest absolute Gasteiger partial charge is 0.179 e. The van der Waals surface area contributed by atoms with Crippen LogP contribution in [0.25, 0.3) is 0 Å². The van der Waals surface area contributed by atoms with E-state index >= 15 is 0 Å². The van der Waals surface area contributed by atoms with Crippen molar-refractivity contribution in [2.24, 2.45) is 0 Å². The minimum atomic E-state index is -0.0251. The predicted molar refractivity (Wildman–Crippen MR) is 87.8 cm³/mol. The first-order valence-electron chi connectivity index (χ1n) is 7.39. The summed E-state index contributed by atoms with van der Waals surface area (Å²) in [5, 5.41) is 1.21. The number of hydrogen-bond donors (Lipinski definition) is 0. The fraction of sp³-hybridized carbons (Fsp3) is 0.588. The van der Waals surface area contributed by atoms with Crippen molar-refractivity contribution in [2.75, 3.05) is 13.1 Å². The average molecular weight is 291 g/mol. The first-order chi connectivity index (χ1) is 9.38. The zero-order valence-corrected chi connectivity index (χ0v) is 14.0. The lowest BCUT2D eigenvalue weighted by Gasteiger charge is -2.37. The molecule has 1 aromatic carbocycles. The molecule has 1 heterocycles. The molecular formula is C17H25NOS. The molecule has 2 rings (SSSR count). The van der Waals surface area contributed by atoms with Crippen LogP contribution in [0.5, 0.6) is 0 Å². The number of nitrogens with zero attached hydrogens (tertiary/aromatic N) is 1. The first-order valence-corrected chi connectivity index (χ1v) is 8.33. The molecule has 1 saturated heterocycles. The summed E-state index contributed by atoms with van der Waals surface area (Å²) in [5.41, 5.74) is 3.28. The first kappa shape index (κ1) is 15.6. The molecule has 20 heavy (non-hydrogen) atoms. The highest BCUT2D eigenvalue weighted by atomic mass is 32.2. The van der Waals surface area contributed by atoms with Crippen molar-refractivity contribution in [3.63, 3.8) is 0 Å². The van der Waals surface area contributed by atoms with Crippen molar-refractivity contribution in [1.29, 1.82) is 0 Å². The van der Waals surface area contributed by atoms with Crippen LogP contribution in [0.1, 0.15) is 42.3 Å². The van der Waals surface area contributed by atoms with E-state index in [0.29, 0.717) is 10.5 Å². The normalized spacial score (nSPS) is 25.4. The molecule has 0 amide bonds. The Morgan fingerprint density at radius 2 is 1.80 bits per heavy atom. The summed E-state index contributed by atoms with van der Waals surface area (Å²) in [4.78, 5) is 15.0. The molecule has 0 radical (unpaired) electrons. The Balaban J connectivity index is 2.13. The molecule has 1 fully saturated rings. The van der Waals surface area contributed by atoms with E-state index in [1.54, 1.807) is 0 Å². The van der Waals surface area contributed by atoms with E-state index < -0.39 is 0 Å². The van der Waals surface area contributed by atoms with Gasteiger partial charge in [-0.25, -0.2) is 0 Å². The Kier molecular flexibility index (Phi) is 4.92. The average Bonchev–Trinajstić information content (AvgIpc) is 2.39. The number of rotatable bonds is 3. The Hall–Kier alpha value is -0.800. The lowest BCUT2D eigenvalue weighted by Crippen LogP contribution is -2.48. The maximum Gasteiger partial charge on any atom is 0.179 e. The van der Waals surface area contributed by atoms with Gasteiger partial charge < -0.3 is 0 Å². The van der Waals surface area contributed by atoms with Crippen molar-refractivity contribution in [3.8, 4) is 0 Å². The number of aryl methyl sites for hydroxylation is 2. The fourth-order valence-corrected chi connectivity index (χ4v) is 4.18. The highest BCUT2D eigenvalue weighted by molar-refractivity contribution is 8.00. The zero-order valence-electron chi connectivity index (χ0n) is 13.1. The summed E-state index contributed by atoms with van der Waals surface area (Å²) >= 11 is 2.02. The SMILES string of the molecule is Cc1ccc(C(=O)C(C)N2CC(C)SC(C)C2)cc1C. The number of carbonyl (C=O) groups is 1. The molecule has 3 unspecified atom stereocenters.